The molecule has 1 aromatic carbocycles. The van der Waals surface area contributed by atoms with E-state index in [9.17, 15) is 8.42 Å². The van der Waals surface area contributed by atoms with Gasteiger partial charge in [-0.05, 0) is 37.5 Å². The fourth-order valence-corrected chi connectivity index (χ4v) is 4.21. The summed E-state index contributed by atoms with van der Waals surface area (Å²) in [7, 11) is -3.39. The van der Waals surface area contributed by atoms with E-state index < -0.39 is 10.0 Å². The van der Waals surface area contributed by atoms with Gasteiger partial charge >= 0.3 is 0 Å². The quantitative estimate of drug-likeness (QED) is 0.915. The molecule has 3 rings (SSSR count). The summed E-state index contributed by atoms with van der Waals surface area (Å²) >= 11 is 0. The number of pyridine rings is 1. The summed E-state index contributed by atoms with van der Waals surface area (Å²) in [4.78, 5) is 4.53. The number of aromatic nitrogens is 1. The first kappa shape index (κ1) is 16.0. The van der Waals surface area contributed by atoms with Crippen molar-refractivity contribution in [2.75, 3.05) is 18.4 Å². The Bertz CT molecular complexity index is 739. The van der Waals surface area contributed by atoms with Gasteiger partial charge in [0.05, 0.1) is 0 Å². The molecular formula is C17H21N3O2S. The van der Waals surface area contributed by atoms with Crippen molar-refractivity contribution in [2.45, 2.75) is 30.7 Å². The van der Waals surface area contributed by atoms with E-state index in [0.29, 0.717) is 18.9 Å². The minimum atomic E-state index is -3.39. The maximum absolute atomic E-state index is 12.5. The number of hydrogen-bond acceptors (Lipinski definition) is 4. The zero-order valence-corrected chi connectivity index (χ0v) is 14.0. The van der Waals surface area contributed by atoms with E-state index in [1.54, 1.807) is 12.1 Å². The molecule has 6 heteroatoms. The first-order valence-electron chi connectivity index (χ1n) is 7.85. The summed E-state index contributed by atoms with van der Waals surface area (Å²) in [6, 6.07) is 13.5. The van der Waals surface area contributed by atoms with Crippen molar-refractivity contribution in [3.8, 4) is 0 Å². The zero-order valence-electron chi connectivity index (χ0n) is 13.1. The van der Waals surface area contributed by atoms with E-state index >= 15 is 0 Å². The van der Waals surface area contributed by atoms with Crippen LogP contribution in [0.1, 0.15) is 31.4 Å². The van der Waals surface area contributed by atoms with Gasteiger partial charge in [-0.25, -0.2) is 13.4 Å². The summed E-state index contributed by atoms with van der Waals surface area (Å²) in [5, 5.41) is 3.29. The Morgan fingerprint density at radius 3 is 2.39 bits per heavy atom. The third kappa shape index (κ3) is 3.54. The Hall–Kier alpha value is -1.92. The van der Waals surface area contributed by atoms with Crippen LogP contribution in [0.3, 0.4) is 0 Å². The lowest BCUT2D eigenvalue weighted by atomic mass is 10.1. The number of nitrogens with zero attached hydrogens (tertiary/aromatic N) is 2. The number of benzene rings is 1. The van der Waals surface area contributed by atoms with E-state index in [2.05, 4.69) is 10.3 Å². The SMILES string of the molecule is CC(Nc1ccc(S(=O)(=O)N2CCCC2)cn1)c1ccccc1. The normalized spacial score (nSPS) is 17.1. The van der Waals surface area contributed by atoms with Gasteiger partial charge in [-0.2, -0.15) is 4.31 Å². The molecule has 0 spiro atoms. The van der Waals surface area contributed by atoms with E-state index in [0.717, 1.165) is 18.4 Å². The topological polar surface area (TPSA) is 62.3 Å². The van der Waals surface area contributed by atoms with Crippen molar-refractivity contribution in [3.05, 3.63) is 54.2 Å². The lowest BCUT2D eigenvalue weighted by Crippen LogP contribution is -2.27. The minimum Gasteiger partial charge on any atom is -0.364 e. The highest BCUT2D eigenvalue weighted by atomic mass is 32.2. The maximum Gasteiger partial charge on any atom is 0.244 e. The Labute approximate surface area is 137 Å². The molecule has 2 aromatic rings. The van der Waals surface area contributed by atoms with Crippen molar-refractivity contribution >= 4 is 15.8 Å². The lowest BCUT2D eigenvalue weighted by Gasteiger charge is -2.17. The molecule has 1 saturated heterocycles. The molecule has 1 atom stereocenters. The predicted octanol–water partition coefficient (Wildman–Crippen LogP) is 3.04. The molecule has 122 valence electrons. The van der Waals surface area contributed by atoms with Gasteiger partial charge in [-0.1, -0.05) is 30.3 Å². The van der Waals surface area contributed by atoms with Gasteiger partial charge in [0.1, 0.15) is 10.7 Å². The van der Waals surface area contributed by atoms with Gasteiger partial charge in [-0.15, -0.1) is 0 Å². The Kier molecular flexibility index (Phi) is 4.63. The largest absolute Gasteiger partial charge is 0.364 e. The molecule has 2 heterocycles. The van der Waals surface area contributed by atoms with Crippen LogP contribution in [0.2, 0.25) is 0 Å². The first-order valence-corrected chi connectivity index (χ1v) is 9.29. The molecule has 0 aliphatic carbocycles. The summed E-state index contributed by atoms with van der Waals surface area (Å²) in [6.07, 6.45) is 3.30. The Morgan fingerprint density at radius 1 is 1.09 bits per heavy atom. The highest BCUT2D eigenvalue weighted by Crippen LogP contribution is 2.22. The third-order valence-corrected chi connectivity index (χ3v) is 5.99. The summed E-state index contributed by atoms with van der Waals surface area (Å²) < 4.78 is 26.4. The van der Waals surface area contributed by atoms with Gasteiger partial charge < -0.3 is 5.32 Å². The molecule has 23 heavy (non-hydrogen) atoms. The third-order valence-electron chi connectivity index (χ3n) is 4.10. The van der Waals surface area contributed by atoms with Gasteiger partial charge in [0.25, 0.3) is 0 Å². The van der Waals surface area contributed by atoms with Gasteiger partial charge in [0.15, 0.2) is 0 Å². The van der Waals surface area contributed by atoms with Crippen LogP contribution in [0.5, 0.6) is 0 Å². The molecule has 1 unspecified atom stereocenters. The average molecular weight is 331 g/mol. The number of sulfonamides is 1. The molecule has 0 amide bonds. The van der Waals surface area contributed by atoms with Gasteiger partial charge in [0.2, 0.25) is 10.0 Å². The molecule has 1 aliphatic rings. The molecule has 0 radical (unpaired) electrons. The second kappa shape index (κ2) is 6.68. The van der Waals surface area contributed by atoms with Crippen LogP contribution in [0.4, 0.5) is 5.82 Å². The lowest BCUT2D eigenvalue weighted by molar-refractivity contribution is 0.477. The van der Waals surface area contributed by atoms with E-state index in [1.807, 2.05) is 37.3 Å². The number of anilines is 1. The fraction of sp³-hybridized carbons (Fsp3) is 0.353. The average Bonchev–Trinajstić information content (AvgIpc) is 3.11. The molecule has 1 N–H and O–H groups in total. The molecule has 1 aromatic heterocycles. The van der Waals surface area contributed by atoms with Crippen LogP contribution in [0, 0.1) is 0 Å². The highest BCUT2D eigenvalue weighted by Gasteiger charge is 2.27. The maximum atomic E-state index is 12.5. The van der Waals surface area contributed by atoms with Crippen LogP contribution < -0.4 is 5.32 Å². The molecule has 0 bridgehead atoms. The highest BCUT2D eigenvalue weighted by molar-refractivity contribution is 7.89. The van der Waals surface area contributed by atoms with Crippen LogP contribution in [-0.4, -0.2) is 30.8 Å². The van der Waals surface area contributed by atoms with Crippen LogP contribution in [0.15, 0.2) is 53.6 Å². The summed E-state index contributed by atoms with van der Waals surface area (Å²) in [5.74, 6) is 0.668. The van der Waals surface area contributed by atoms with Crippen molar-refractivity contribution in [3.63, 3.8) is 0 Å². The second-order valence-electron chi connectivity index (χ2n) is 5.77. The number of nitrogens with one attached hydrogen (secondary N) is 1. The molecule has 1 aliphatic heterocycles. The predicted molar refractivity (Wildman–Crippen MR) is 90.7 cm³/mol. The van der Waals surface area contributed by atoms with Gasteiger partial charge in [-0.3, -0.25) is 0 Å². The van der Waals surface area contributed by atoms with Crippen molar-refractivity contribution in [1.82, 2.24) is 9.29 Å². The van der Waals surface area contributed by atoms with Crippen molar-refractivity contribution in [2.24, 2.45) is 0 Å². The molecule has 0 saturated carbocycles. The van der Waals surface area contributed by atoms with Crippen molar-refractivity contribution < 1.29 is 8.42 Å². The van der Waals surface area contributed by atoms with E-state index in [1.165, 1.54) is 10.5 Å². The number of hydrogen-bond donors (Lipinski definition) is 1. The summed E-state index contributed by atoms with van der Waals surface area (Å²) in [6.45, 7) is 3.26. The van der Waals surface area contributed by atoms with Gasteiger partial charge in [0, 0.05) is 25.3 Å². The molecular weight excluding hydrogens is 310 g/mol. The molecule has 1 fully saturated rings. The minimum absolute atomic E-state index is 0.102. The monoisotopic (exact) mass is 331 g/mol. The number of rotatable bonds is 5. The van der Waals surface area contributed by atoms with Crippen molar-refractivity contribution in [1.29, 1.82) is 0 Å². The van der Waals surface area contributed by atoms with Crippen LogP contribution in [-0.2, 0) is 10.0 Å². The second-order valence-corrected chi connectivity index (χ2v) is 7.70. The zero-order chi connectivity index (χ0) is 16.3. The standard InChI is InChI=1S/C17H21N3O2S/c1-14(15-7-3-2-4-8-15)19-17-10-9-16(13-18-17)23(21,22)20-11-5-6-12-20/h2-4,7-10,13-14H,5-6,11-12H2,1H3,(H,18,19). The van der Waals surface area contributed by atoms with Crippen LogP contribution >= 0.6 is 0 Å². The first-order chi connectivity index (χ1) is 11.1. The smallest absolute Gasteiger partial charge is 0.244 e. The van der Waals surface area contributed by atoms with E-state index in [-0.39, 0.29) is 10.9 Å². The summed E-state index contributed by atoms with van der Waals surface area (Å²) in [5.41, 5.74) is 1.16. The molecule has 5 nitrogen and oxygen atoms in total. The van der Waals surface area contributed by atoms with Crippen LogP contribution in [0.25, 0.3) is 0 Å². The fourth-order valence-electron chi connectivity index (χ4n) is 2.74. The Morgan fingerprint density at radius 2 is 1.78 bits per heavy atom. The van der Waals surface area contributed by atoms with E-state index in [4.69, 9.17) is 0 Å². The Balaban J connectivity index is 1.72.